The minimum atomic E-state index is -1.74. The zero-order chi connectivity index (χ0) is 19.5. The van der Waals surface area contributed by atoms with Crippen LogP contribution in [0.25, 0.3) is 0 Å². The molecular weight excluding hydrogens is 435 g/mol. The van der Waals surface area contributed by atoms with Crippen LogP contribution in [-0.4, -0.2) is 6.16 Å². The van der Waals surface area contributed by atoms with Gasteiger partial charge in [0.1, 0.15) is 23.2 Å². The van der Waals surface area contributed by atoms with Gasteiger partial charge in [-0.1, -0.05) is 85.9 Å². The summed E-state index contributed by atoms with van der Waals surface area (Å²) in [4.78, 5) is 0. The van der Waals surface area contributed by atoms with Gasteiger partial charge in [-0.2, -0.15) is 0 Å². The summed E-state index contributed by atoms with van der Waals surface area (Å²) in [6.45, 7) is 2.19. The van der Waals surface area contributed by atoms with E-state index in [0.717, 1.165) is 19.0 Å². The highest BCUT2D eigenvalue weighted by Gasteiger charge is 2.44. The van der Waals surface area contributed by atoms with Crippen LogP contribution in [0, 0.1) is 11.8 Å². The van der Waals surface area contributed by atoms with Crippen molar-refractivity contribution in [1.82, 2.24) is 0 Å². The van der Waals surface area contributed by atoms with Gasteiger partial charge in [0, 0.05) is 6.42 Å². The average molecular weight is 463 g/mol. The molecule has 0 radical (unpaired) electrons. The zero-order valence-corrected chi connectivity index (χ0v) is 19.4. The first-order valence-corrected chi connectivity index (χ1v) is 12.0. The summed E-state index contributed by atoms with van der Waals surface area (Å²) < 4.78 is 0. The highest BCUT2D eigenvalue weighted by molar-refractivity contribution is 7.95. The summed E-state index contributed by atoms with van der Waals surface area (Å²) in [6.07, 6.45) is 8.40. The van der Waals surface area contributed by atoms with Gasteiger partial charge in [-0.3, -0.25) is 0 Å². The van der Waals surface area contributed by atoms with Crippen LogP contribution >= 0.6 is 7.26 Å². The van der Waals surface area contributed by atoms with Crippen LogP contribution in [0.3, 0.4) is 0 Å². The van der Waals surface area contributed by atoms with E-state index in [4.69, 9.17) is 0 Å². The smallest absolute Gasteiger partial charge is 0.113 e. The van der Waals surface area contributed by atoms with Crippen molar-refractivity contribution in [2.75, 3.05) is 6.16 Å². The fourth-order valence-corrected chi connectivity index (χ4v) is 7.71. The Hall–Kier alpha value is -2.13. The maximum atomic E-state index is 3.40. The Morgan fingerprint density at radius 1 is 0.724 bits per heavy atom. The van der Waals surface area contributed by atoms with E-state index < -0.39 is 7.26 Å². The molecule has 29 heavy (non-hydrogen) atoms. The maximum Gasteiger partial charge on any atom is 0.113 e. The molecule has 0 heterocycles. The topological polar surface area (TPSA) is 0 Å². The van der Waals surface area contributed by atoms with Gasteiger partial charge in [-0.25, -0.2) is 0 Å². The fourth-order valence-electron chi connectivity index (χ4n) is 3.55. The molecule has 0 aliphatic rings. The lowest BCUT2D eigenvalue weighted by molar-refractivity contribution is -0.00000551. The Morgan fingerprint density at radius 2 is 1.17 bits per heavy atom. The van der Waals surface area contributed by atoms with E-state index in [1.54, 1.807) is 0 Å². The van der Waals surface area contributed by atoms with Crippen molar-refractivity contribution in [2.24, 2.45) is 0 Å². The number of halogens is 1. The van der Waals surface area contributed by atoms with Crippen LogP contribution < -0.4 is 32.9 Å². The molecule has 0 nitrogen and oxygen atoms in total. The Morgan fingerprint density at radius 3 is 1.59 bits per heavy atom. The quantitative estimate of drug-likeness (QED) is 0.374. The first kappa shape index (κ1) is 23.2. The molecule has 148 valence electrons. The number of hydrogen-bond acceptors (Lipinski definition) is 0. The number of unbranched alkanes of at least 4 members (excludes halogenated alkanes) is 1. The highest BCUT2D eigenvalue weighted by Crippen LogP contribution is 2.55. The molecule has 0 aliphatic carbocycles. The van der Waals surface area contributed by atoms with Crippen LogP contribution in [0.4, 0.5) is 0 Å². The molecule has 3 aromatic rings. The second-order valence-electron chi connectivity index (χ2n) is 6.80. The van der Waals surface area contributed by atoms with Gasteiger partial charge in [0.15, 0.2) is 0 Å². The minimum Gasteiger partial charge on any atom is -1.00 e. The molecule has 0 N–H and O–H groups in total. The normalized spacial score (nSPS) is 10.8. The molecule has 0 saturated carbocycles. The third kappa shape index (κ3) is 5.93. The van der Waals surface area contributed by atoms with Crippen LogP contribution in [0.5, 0.6) is 0 Å². The second kappa shape index (κ2) is 12.4. The summed E-state index contributed by atoms with van der Waals surface area (Å²) in [5.74, 6) is 6.63. The summed E-state index contributed by atoms with van der Waals surface area (Å²) in [5.41, 5.74) is 0. The predicted molar refractivity (Wildman–Crippen MR) is 126 cm³/mol. The van der Waals surface area contributed by atoms with E-state index in [1.165, 1.54) is 22.3 Å². The number of benzene rings is 3. The lowest BCUT2D eigenvalue weighted by atomic mass is 10.3. The molecule has 0 bridgehead atoms. The average Bonchev–Trinajstić information content (AvgIpc) is 2.78. The molecule has 0 spiro atoms. The first-order valence-electron chi connectivity index (χ1n) is 10.1. The summed E-state index contributed by atoms with van der Waals surface area (Å²) >= 11 is 0. The SMILES string of the molecule is CCC/C=C\C#CCC[P+](c1ccccc1)(c1ccccc1)c1ccccc1.[Br-]. The Kier molecular flexibility index (Phi) is 9.93. The predicted octanol–water partition coefficient (Wildman–Crippen LogP) is 2.73. The largest absolute Gasteiger partial charge is 1.00 e. The molecule has 3 rings (SSSR count). The van der Waals surface area contributed by atoms with E-state index >= 15 is 0 Å². The summed E-state index contributed by atoms with van der Waals surface area (Å²) in [7, 11) is -1.74. The minimum absolute atomic E-state index is 0. The third-order valence-corrected chi connectivity index (χ3v) is 9.36. The molecule has 2 heteroatoms. The van der Waals surface area contributed by atoms with Crippen molar-refractivity contribution in [2.45, 2.75) is 26.2 Å². The van der Waals surface area contributed by atoms with Crippen LogP contribution in [-0.2, 0) is 0 Å². The molecule has 0 saturated heterocycles. The fraction of sp³-hybridized carbons (Fsp3) is 0.185. The van der Waals surface area contributed by atoms with E-state index in [9.17, 15) is 0 Å². The monoisotopic (exact) mass is 462 g/mol. The van der Waals surface area contributed by atoms with Crippen LogP contribution in [0.15, 0.2) is 103 Å². The van der Waals surface area contributed by atoms with E-state index in [-0.39, 0.29) is 17.0 Å². The van der Waals surface area contributed by atoms with E-state index in [1.807, 2.05) is 6.08 Å². The van der Waals surface area contributed by atoms with E-state index in [2.05, 4.69) is 116 Å². The molecule has 0 aromatic heterocycles. The van der Waals surface area contributed by atoms with Gasteiger partial charge < -0.3 is 17.0 Å². The van der Waals surface area contributed by atoms with Gasteiger partial charge >= 0.3 is 0 Å². The molecule has 0 aliphatic heterocycles. The van der Waals surface area contributed by atoms with Gasteiger partial charge in [-0.05, 0) is 48.9 Å². The lowest BCUT2D eigenvalue weighted by Gasteiger charge is -2.27. The molecule has 0 amide bonds. The summed E-state index contributed by atoms with van der Waals surface area (Å²) in [5, 5.41) is 4.28. The van der Waals surface area contributed by atoms with Crippen molar-refractivity contribution in [3.05, 3.63) is 103 Å². The summed E-state index contributed by atoms with van der Waals surface area (Å²) in [6, 6.07) is 33.0. The standard InChI is InChI=1S/C27H28P.BrH/c1-2-3-4-5-6-7-17-24-28(25-18-11-8-12-19-25,26-20-13-9-14-21-26)27-22-15-10-16-23-27;/h4-5,8-16,18-23H,2-3,17,24H2,1H3;1H/q+1;/p-1/b5-4-;. The van der Waals surface area contributed by atoms with Crippen LogP contribution in [0.1, 0.15) is 26.2 Å². The molecule has 3 aromatic carbocycles. The van der Waals surface area contributed by atoms with Crippen LogP contribution in [0.2, 0.25) is 0 Å². The van der Waals surface area contributed by atoms with Crippen molar-refractivity contribution in [3.63, 3.8) is 0 Å². The Labute approximate surface area is 187 Å². The third-order valence-electron chi connectivity index (χ3n) is 4.92. The van der Waals surface area contributed by atoms with Gasteiger partial charge in [0.2, 0.25) is 0 Å². The molecule has 0 fully saturated rings. The number of rotatable bonds is 7. The molecular formula is C27H28BrP. The van der Waals surface area contributed by atoms with Crippen molar-refractivity contribution >= 4 is 23.2 Å². The second-order valence-corrected chi connectivity index (χ2v) is 10.4. The number of allylic oxidation sites excluding steroid dienone is 2. The Bertz CT molecular complexity index is 825. The van der Waals surface area contributed by atoms with Gasteiger partial charge in [0.25, 0.3) is 0 Å². The lowest BCUT2D eigenvalue weighted by Crippen LogP contribution is -3.00. The molecule has 0 unspecified atom stereocenters. The maximum absolute atomic E-state index is 3.40. The molecule has 0 atom stereocenters. The van der Waals surface area contributed by atoms with Crippen molar-refractivity contribution in [3.8, 4) is 11.8 Å². The van der Waals surface area contributed by atoms with Crippen molar-refractivity contribution in [1.29, 1.82) is 0 Å². The van der Waals surface area contributed by atoms with E-state index in [0.29, 0.717) is 0 Å². The van der Waals surface area contributed by atoms with Gasteiger partial charge in [-0.15, -0.1) is 0 Å². The van der Waals surface area contributed by atoms with Gasteiger partial charge in [0.05, 0.1) is 6.16 Å². The van der Waals surface area contributed by atoms with Crippen molar-refractivity contribution < 1.29 is 17.0 Å². The number of hydrogen-bond donors (Lipinski definition) is 0. The highest BCUT2D eigenvalue weighted by atomic mass is 79.9. The Balaban J connectivity index is 0.00000300. The zero-order valence-electron chi connectivity index (χ0n) is 17.0. The first-order chi connectivity index (χ1) is 13.9.